The van der Waals surface area contributed by atoms with Crippen LogP contribution in [0.25, 0.3) is 0 Å². The molecule has 0 aliphatic carbocycles. The van der Waals surface area contributed by atoms with Crippen LogP contribution in [0.2, 0.25) is 0 Å². The maximum absolute atomic E-state index is 11.6. The Balaban J connectivity index is 2.14. The average molecular weight is 225 g/mol. The van der Waals surface area contributed by atoms with Crippen molar-refractivity contribution >= 4 is 5.91 Å². The summed E-state index contributed by atoms with van der Waals surface area (Å²) in [6.45, 7) is 2.86. The Kier molecular flexibility index (Phi) is 5.60. The van der Waals surface area contributed by atoms with E-state index >= 15 is 0 Å². The van der Waals surface area contributed by atoms with Crippen molar-refractivity contribution in [1.82, 2.24) is 15.2 Å². The molecule has 0 unspecified atom stereocenters. The smallest absolute Gasteiger partial charge is 0.267 e. The molecule has 16 heavy (non-hydrogen) atoms. The van der Waals surface area contributed by atoms with Crippen LogP contribution in [0.4, 0.5) is 0 Å². The minimum atomic E-state index is -0.0407. The Morgan fingerprint density at radius 1 is 1.44 bits per heavy atom. The molecule has 0 aromatic carbocycles. The van der Waals surface area contributed by atoms with Gasteiger partial charge in [0.2, 0.25) is 0 Å². The summed E-state index contributed by atoms with van der Waals surface area (Å²) in [5, 5.41) is 5.99. The van der Waals surface area contributed by atoms with Crippen molar-refractivity contribution in [2.45, 2.75) is 0 Å². The number of hydrogen-bond acceptors (Lipinski definition) is 3. The van der Waals surface area contributed by atoms with Crippen LogP contribution in [-0.2, 0) is 11.8 Å². The van der Waals surface area contributed by atoms with Gasteiger partial charge >= 0.3 is 0 Å². The first kappa shape index (κ1) is 12.7. The van der Waals surface area contributed by atoms with E-state index in [4.69, 9.17) is 4.74 Å². The summed E-state index contributed by atoms with van der Waals surface area (Å²) < 4.78 is 6.69. The number of ether oxygens (including phenoxy) is 1. The van der Waals surface area contributed by atoms with E-state index < -0.39 is 0 Å². The summed E-state index contributed by atoms with van der Waals surface area (Å²) in [5.41, 5.74) is 0.678. The summed E-state index contributed by atoms with van der Waals surface area (Å²) in [6.07, 6.45) is 1.85. The first-order chi connectivity index (χ1) is 7.75. The van der Waals surface area contributed by atoms with Gasteiger partial charge in [-0.05, 0) is 12.1 Å². The maximum Gasteiger partial charge on any atom is 0.267 e. The second-order valence-corrected chi connectivity index (χ2v) is 3.50. The number of hydrogen-bond donors (Lipinski definition) is 2. The first-order valence-corrected chi connectivity index (χ1v) is 5.35. The average Bonchev–Trinajstić information content (AvgIpc) is 2.69. The minimum Gasteiger partial charge on any atom is -0.383 e. The van der Waals surface area contributed by atoms with Crippen molar-refractivity contribution in [3.63, 3.8) is 0 Å². The zero-order chi connectivity index (χ0) is 11.8. The molecule has 90 valence electrons. The Hall–Kier alpha value is -1.33. The molecule has 0 aliphatic heterocycles. The normalized spacial score (nSPS) is 10.4. The number of carbonyl (C=O) groups is 1. The SMILES string of the molecule is COCCNCCNC(=O)c1cccn1C. The second kappa shape index (κ2) is 7.03. The third-order valence-electron chi connectivity index (χ3n) is 2.25. The van der Waals surface area contributed by atoms with E-state index in [2.05, 4.69) is 10.6 Å². The number of nitrogens with one attached hydrogen (secondary N) is 2. The lowest BCUT2D eigenvalue weighted by Gasteiger charge is -2.07. The third kappa shape index (κ3) is 4.04. The minimum absolute atomic E-state index is 0.0407. The summed E-state index contributed by atoms with van der Waals surface area (Å²) in [7, 11) is 3.52. The molecule has 1 heterocycles. The van der Waals surface area contributed by atoms with Gasteiger partial charge in [-0.3, -0.25) is 4.79 Å². The Morgan fingerprint density at radius 2 is 2.25 bits per heavy atom. The molecule has 1 amide bonds. The fraction of sp³-hybridized carbons (Fsp3) is 0.545. The number of nitrogens with zero attached hydrogens (tertiary/aromatic N) is 1. The highest BCUT2D eigenvalue weighted by molar-refractivity contribution is 5.92. The van der Waals surface area contributed by atoms with Gasteiger partial charge in [-0.25, -0.2) is 0 Å². The molecular weight excluding hydrogens is 206 g/mol. The van der Waals surface area contributed by atoms with Gasteiger partial charge in [-0.15, -0.1) is 0 Å². The zero-order valence-electron chi connectivity index (χ0n) is 9.82. The topological polar surface area (TPSA) is 55.3 Å². The largest absolute Gasteiger partial charge is 0.383 e. The predicted molar refractivity (Wildman–Crippen MR) is 62.5 cm³/mol. The maximum atomic E-state index is 11.6. The van der Waals surface area contributed by atoms with Gasteiger partial charge in [0.1, 0.15) is 5.69 Å². The third-order valence-corrected chi connectivity index (χ3v) is 2.25. The van der Waals surface area contributed by atoms with Crippen LogP contribution >= 0.6 is 0 Å². The highest BCUT2D eigenvalue weighted by atomic mass is 16.5. The summed E-state index contributed by atoms with van der Waals surface area (Å²) in [6, 6.07) is 3.65. The number of rotatable bonds is 7. The molecule has 0 bridgehead atoms. The van der Waals surface area contributed by atoms with E-state index in [-0.39, 0.29) is 5.91 Å². The van der Waals surface area contributed by atoms with Crippen LogP contribution in [0.5, 0.6) is 0 Å². The van der Waals surface area contributed by atoms with Gasteiger partial charge in [0.25, 0.3) is 5.91 Å². The van der Waals surface area contributed by atoms with E-state index in [0.29, 0.717) is 18.8 Å². The lowest BCUT2D eigenvalue weighted by atomic mass is 10.4. The second-order valence-electron chi connectivity index (χ2n) is 3.50. The molecule has 0 spiro atoms. The van der Waals surface area contributed by atoms with Crippen molar-refractivity contribution in [3.8, 4) is 0 Å². The van der Waals surface area contributed by atoms with Crippen molar-refractivity contribution < 1.29 is 9.53 Å². The van der Waals surface area contributed by atoms with Gasteiger partial charge in [-0.2, -0.15) is 0 Å². The molecule has 5 nitrogen and oxygen atoms in total. The number of aryl methyl sites for hydroxylation is 1. The van der Waals surface area contributed by atoms with Crippen molar-refractivity contribution in [2.75, 3.05) is 33.4 Å². The van der Waals surface area contributed by atoms with Crippen molar-refractivity contribution in [1.29, 1.82) is 0 Å². The molecule has 1 aromatic rings. The first-order valence-electron chi connectivity index (χ1n) is 5.35. The van der Waals surface area contributed by atoms with Crippen molar-refractivity contribution in [2.24, 2.45) is 7.05 Å². The molecule has 0 saturated heterocycles. The molecule has 1 aromatic heterocycles. The van der Waals surface area contributed by atoms with Crippen LogP contribution in [-0.4, -0.2) is 43.8 Å². The fourth-order valence-corrected chi connectivity index (χ4v) is 1.35. The van der Waals surface area contributed by atoms with Gasteiger partial charge in [0.15, 0.2) is 0 Å². The lowest BCUT2D eigenvalue weighted by Crippen LogP contribution is -2.33. The highest BCUT2D eigenvalue weighted by Gasteiger charge is 2.06. The van der Waals surface area contributed by atoms with E-state index in [1.807, 2.05) is 19.3 Å². The van der Waals surface area contributed by atoms with Crippen LogP contribution in [0.15, 0.2) is 18.3 Å². The van der Waals surface area contributed by atoms with Crippen LogP contribution in [0.3, 0.4) is 0 Å². The van der Waals surface area contributed by atoms with Crippen LogP contribution in [0.1, 0.15) is 10.5 Å². The van der Waals surface area contributed by atoms with Crippen molar-refractivity contribution in [3.05, 3.63) is 24.0 Å². The molecule has 1 rings (SSSR count). The highest BCUT2D eigenvalue weighted by Crippen LogP contribution is 1.98. The van der Waals surface area contributed by atoms with E-state index in [1.165, 1.54) is 0 Å². The standard InChI is InChI=1S/C11H19N3O2/c1-14-8-3-4-10(14)11(15)13-6-5-12-7-9-16-2/h3-4,8,12H,5-7,9H2,1-2H3,(H,13,15). The Morgan fingerprint density at radius 3 is 2.88 bits per heavy atom. The molecule has 0 fully saturated rings. The van der Waals surface area contributed by atoms with Gasteiger partial charge in [-0.1, -0.05) is 0 Å². The Labute approximate surface area is 95.8 Å². The molecule has 0 radical (unpaired) electrons. The zero-order valence-corrected chi connectivity index (χ0v) is 9.82. The molecule has 0 saturated carbocycles. The summed E-state index contributed by atoms with van der Waals surface area (Å²) in [5.74, 6) is -0.0407. The quantitative estimate of drug-likeness (QED) is 0.642. The lowest BCUT2D eigenvalue weighted by molar-refractivity contribution is 0.0945. The molecule has 5 heteroatoms. The summed E-state index contributed by atoms with van der Waals surface area (Å²) >= 11 is 0. The van der Waals surface area contributed by atoms with Crippen LogP contribution < -0.4 is 10.6 Å². The van der Waals surface area contributed by atoms with E-state index in [9.17, 15) is 4.79 Å². The van der Waals surface area contributed by atoms with Gasteiger partial charge < -0.3 is 19.9 Å². The molecular formula is C11H19N3O2. The predicted octanol–water partition coefficient (Wildman–Crippen LogP) is -0.00910. The molecule has 2 N–H and O–H groups in total. The molecule has 0 aliphatic rings. The number of amides is 1. The fourth-order valence-electron chi connectivity index (χ4n) is 1.35. The molecule has 0 atom stereocenters. The number of methoxy groups -OCH3 is 1. The van der Waals surface area contributed by atoms with Gasteiger partial charge in [0, 0.05) is 40.0 Å². The van der Waals surface area contributed by atoms with E-state index in [1.54, 1.807) is 17.7 Å². The van der Waals surface area contributed by atoms with Crippen LogP contribution in [0, 0.1) is 0 Å². The van der Waals surface area contributed by atoms with Gasteiger partial charge in [0.05, 0.1) is 6.61 Å². The number of aromatic nitrogens is 1. The van der Waals surface area contributed by atoms with E-state index in [0.717, 1.165) is 13.1 Å². The summed E-state index contributed by atoms with van der Waals surface area (Å²) in [4.78, 5) is 11.6. The number of carbonyl (C=O) groups excluding carboxylic acids is 1. The Bertz CT molecular complexity index is 323. The monoisotopic (exact) mass is 225 g/mol.